The molecule has 108 valence electrons. The Hall–Kier alpha value is -1.40. The molecular weight excluding hydrogens is 256 g/mol. The third-order valence-electron chi connectivity index (χ3n) is 2.62. The second-order valence-electron chi connectivity index (χ2n) is 4.01. The van der Waals surface area contributed by atoms with Crippen LogP contribution >= 0.6 is 0 Å². The minimum atomic E-state index is -2.45. The Morgan fingerprint density at radius 1 is 1.11 bits per heavy atom. The average Bonchev–Trinajstić information content (AvgIpc) is 2.42. The summed E-state index contributed by atoms with van der Waals surface area (Å²) in [5.74, 6) is 1.27. The molecule has 0 fully saturated rings. The van der Waals surface area contributed by atoms with Crippen LogP contribution in [-0.4, -0.2) is 33.9 Å². The topological polar surface area (TPSA) is 53.7 Å². The molecule has 0 aliphatic carbocycles. The summed E-state index contributed by atoms with van der Waals surface area (Å²) in [7, 11) is 3.10. The molecule has 0 heterocycles. The van der Waals surface area contributed by atoms with Crippen LogP contribution in [0.15, 0.2) is 18.2 Å². The highest BCUT2D eigenvalue weighted by atomic mass is 19.3. The number of halogens is 2. The van der Waals surface area contributed by atoms with Gasteiger partial charge in [0.25, 0.3) is 6.43 Å². The van der Waals surface area contributed by atoms with E-state index in [1.54, 1.807) is 32.4 Å². The molecule has 1 aromatic rings. The highest BCUT2D eigenvalue weighted by molar-refractivity contribution is 5.39. The minimum Gasteiger partial charge on any atom is -0.497 e. The number of alkyl halides is 2. The van der Waals surface area contributed by atoms with Crippen molar-refractivity contribution in [1.82, 2.24) is 0 Å². The Morgan fingerprint density at radius 3 is 2.16 bits per heavy atom. The number of methoxy groups -OCH3 is 2. The lowest BCUT2D eigenvalue weighted by molar-refractivity contribution is 0.0152. The molecule has 0 saturated carbocycles. The van der Waals surface area contributed by atoms with E-state index in [1.165, 1.54) is 0 Å². The van der Waals surface area contributed by atoms with Gasteiger partial charge in [-0.2, -0.15) is 0 Å². The van der Waals surface area contributed by atoms with Crippen molar-refractivity contribution in [2.24, 2.45) is 5.73 Å². The molecule has 0 amide bonds. The molecule has 1 unspecified atom stereocenters. The van der Waals surface area contributed by atoms with Crippen molar-refractivity contribution in [2.45, 2.75) is 18.9 Å². The number of benzene rings is 1. The van der Waals surface area contributed by atoms with Crippen LogP contribution in [0.2, 0.25) is 0 Å². The summed E-state index contributed by atoms with van der Waals surface area (Å²) in [6.07, 6.45) is -2.00. The molecule has 0 saturated heterocycles. The zero-order chi connectivity index (χ0) is 14.3. The Morgan fingerprint density at radius 2 is 1.68 bits per heavy atom. The van der Waals surface area contributed by atoms with E-state index in [2.05, 4.69) is 0 Å². The van der Waals surface area contributed by atoms with E-state index in [9.17, 15) is 8.78 Å². The fraction of sp³-hybridized carbons (Fsp3) is 0.538. The van der Waals surface area contributed by atoms with Crippen LogP contribution in [0.25, 0.3) is 0 Å². The van der Waals surface area contributed by atoms with Gasteiger partial charge in [-0.1, -0.05) is 0 Å². The van der Waals surface area contributed by atoms with Crippen LogP contribution < -0.4 is 15.2 Å². The molecule has 0 spiro atoms. The molecule has 1 rings (SSSR count). The molecule has 2 N–H and O–H groups in total. The van der Waals surface area contributed by atoms with Gasteiger partial charge in [0.1, 0.15) is 18.1 Å². The van der Waals surface area contributed by atoms with Crippen LogP contribution in [0, 0.1) is 0 Å². The molecular formula is C13H19F2NO3. The molecule has 4 nitrogen and oxygen atoms in total. The first-order chi connectivity index (χ1) is 9.06. The quantitative estimate of drug-likeness (QED) is 0.740. The third kappa shape index (κ3) is 5.40. The van der Waals surface area contributed by atoms with E-state index in [0.29, 0.717) is 17.9 Å². The standard InChI is InChI=1S/C13H19F2NO3/c1-17-10-5-9(6-11(7-10)18-2)12(16)3-4-19-8-13(14)15/h5-7,12-13H,3-4,8,16H2,1-2H3. The summed E-state index contributed by atoms with van der Waals surface area (Å²) in [5.41, 5.74) is 6.80. The fourth-order valence-electron chi connectivity index (χ4n) is 1.59. The Kier molecular flexibility index (Phi) is 6.52. The van der Waals surface area contributed by atoms with Gasteiger partial charge in [-0.25, -0.2) is 8.78 Å². The van der Waals surface area contributed by atoms with Gasteiger partial charge in [0.15, 0.2) is 0 Å². The Bertz CT molecular complexity index is 366. The molecule has 0 radical (unpaired) electrons. The van der Waals surface area contributed by atoms with Gasteiger partial charge in [-0.15, -0.1) is 0 Å². The summed E-state index contributed by atoms with van der Waals surface area (Å²) in [6, 6.07) is 5.01. The van der Waals surface area contributed by atoms with Crippen molar-refractivity contribution < 1.29 is 23.0 Å². The zero-order valence-electron chi connectivity index (χ0n) is 11.1. The lowest BCUT2D eigenvalue weighted by atomic mass is 10.0. The van der Waals surface area contributed by atoms with E-state index in [1.807, 2.05) is 0 Å². The van der Waals surface area contributed by atoms with E-state index < -0.39 is 13.0 Å². The summed E-state index contributed by atoms with van der Waals surface area (Å²) in [6.45, 7) is -0.376. The summed E-state index contributed by atoms with van der Waals surface area (Å²) >= 11 is 0. The van der Waals surface area contributed by atoms with Gasteiger partial charge in [0.2, 0.25) is 0 Å². The van der Waals surface area contributed by atoms with Crippen molar-refractivity contribution in [3.05, 3.63) is 23.8 Å². The Labute approximate surface area is 111 Å². The molecule has 19 heavy (non-hydrogen) atoms. The summed E-state index contributed by atoms with van der Waals surface area (Å²) < 4.78 is 38.9. The first-order valence-electron chi connectivity index (χ1n) is 5.91. The number of ether oxygens (including phenoxy) is 3. The maximum atomic E-state index is 11.9. The molecule has 1 atom stereocenters. The predicted molar refractivity (Wildman–Crippen MR) is 67.9 cm³/mol. The first kappa shape index (κ1) is 15.7. The minimum absolute atomic E-state index is 0.186. The number of nitrogens with two attached hydrogens (primary N) is 1. The van der Waals surface area contributed by atoms with Crippen LogP contribution in [0.3, 0.4) is 0 Å². The Balaban J connectivity index is 2.57. The third-order valence-corrected chi connectivity index (χ3v) is 2.62. The van der Waals surface area contributed by atoms with Crippen molar-refractivity contribution >= 4 is 0 Å². The van der Waals surface area contributed by atoms with Crippen molar-refractivity contribution in [1.29, 1.82) is 0 Å². The highest BCUT2D eigenvalue weighted by Gasteiger charge is 2.10. The van der Waals surface area contributed by atoms with Gasteiger partial charge in [-0.3, -0.25) is 0 Å². The van der Waals surface area contributed by atoms with E-state index in [-0.39, 0.29) is 12.6 Å². The number of rotatable bonds is 8. The van der Waals surface area contributed by atoms with Gasteiger partial charge >= 0.3 is 0 Å². The van der Waals surface area contributed by atoms with Crippen LogP contribution in [0.1, 0.15) is 18.0 Å². The number of hydrogen-bond donors (Lipinski definition) is 1. The van der Waals surface area contributed by atoms with Gasteiger partial charge in [0, 0.05) is 18.7 Å². The lowest BCUT2D eigenvalue weighted by Gasteiger charge is -2.15. The molecule has 0 aliphatic heterocycles. The SMILES string of the molecule is COc1cc(OC)cc(C(N)CCOCC(F)F)c1. The normalized spacial score (nSPS) is 12.5. The zero-order valence-corrected chi connectivity index (χ0v) is 11.1. The van der Waals surface area contributed by atoms with Crippen LogP contribution in [0.5, 0.6) is 11.5 Å². The summed E-state index contributed by atoms with van der Waals surface area (Å²) in [5, 5.41) is 0. The monoisotopic (exact) mass is 275 g/mol. The van der Waals surface area contributed by atoms with E-state index >= 15 is 0 Å². The maximum Gasteiger partial charge on any atom is 0.261 e. The van der Waals surface area contributed by atoms with Gasteiger partial charge in [-0.05, 0) is 24.1 Å². The first-order valence-corrected chi connectivity index (χ1v) is 5.91. The lowest BCUT2D eigenvalue weighted by Crippen LogP contribution is -2.15. The van der Waals surface area contributed by atoms with Crippen molar-refractivity contribution in [2.75, 3.05) is 27.4 Å². The molecule has 0 aromatic heterocycles. The van der Waals surface area contributed by atoms with Crippen LogP contribution in [-0.2, 0) is 4.74 Å². The average molecular weight is 275 g/mol. The summed E-state index contributed by atoms with van der Waals surface area (Å²) in [4.78, 5) is 0. The highest BCUT2D eigenvalue weighted by Crippen LogP contribution is 2.26. The largest absolute Gasteiger partial charge is 0.497 e. The molecule has 6 heteroatoms. The van der Waals surface area contributed by atoms with Gasteiger partial charge in [0.05, 0.1) is 14.2 Å². The van der Waals surface area contributed by atoms with Crippen LogP contribution in [0.4, 0.5) is 8.78 Å². The molecule has 0 bridgehead atoms. The maximum absolute atomic E-state index is 11.9. The molecule has 0 aliphatic rings. The molecule has 1 aromatic carbocycles. The second kappa shape index (κ2) is 7.91. The second-order valence-corrected chi connectivity index (χ2v) is 4.01. The van der Waals surface area contributed by atoms with Crippen molar-refractivity contribution in [3.8, 4) is 11.5 Å². The fourth-order valence-corrected chi connectivity index (χ4v) is 1.59. The van der Waals surface area contributed by atoms with E-state index in [4.69, 9.17) is 19.9 Å². The van der Waals surface area contributed by atoms with Gasteiger partial charge < -0.3 is 19.9 Å². The number of hydrogen-bond acceptors (Lipinski definition) is 4. The predicted octanol–water partition coefficient (Wildman–Crippen LogP) is 2.38. The van der Waals surface area contributed by atoms with Crippen molar-refractivity contribution in [3.63, 3.8) is 0 Å². The van der Waals surface area contributed by atoms with E-state index in [0.717, 1.165) is 5.56 Å². The smallest absolute Gasteiger partial charge is 0.261 e.